The van der Waals surface area contributed by atoms with Crippen LogP contribution in [0.2, 0.25) is 0 Å². The molecule has 1 aliphatic rings. The first-order valence-corrected chi connectivity index (χ1v) is 7.78. The quantitative estimate of drug-likeness (QED) is 0.740. The second-order valence-electron chi connectivity index (χ2n) is 6.04. The molecule has 6 heteroatoms. The Morgan fingerprint density at radius 3 is 2.77 bits per heavy atom. The van der Waals surface area contributed by atoms with Crippen LogP contribution < -0.4 is 0 Å². The maximum absolute atomic E-state index is 4.41. The van der Waals surface area contributed by atoms with Crippen molar-refractivity contribution < 1.29 is 0 Å². The van der Waals surface area contributed by atoms with Gasteiger partial charge in [0, 0.05) is 49.2 Å². The summed E-state index contributed by atoms with van der Waals surface area (Å²) in [5, 5.41) is 8.66. The summed E-state index contributed by atoms with van der Waals surface area (Å²) in [5.41, 5.74) is 3.52. The number of nitrogens with zero attached hydrogens (tertiary/aromatic N) is 6. The number of hydrogen-bond acceptors (Lipinski definition) is 4. The van der Waals surface area contributed by atoms with Crippen molar-refractivity contribution in [3.63, 3.8) is 0 Å². The lowest BCUT2D eigenvalue weighted by Gasteiger charge is -2.31. The van der Waals surface area contributed by atoms with Gasteiger partial charge in [0.25, 0.3) is 0 Å². The van der Waals surface area contributed by atoms with E-state index in [4.69, 9.17) is 0 Å². The fraction of sp³-hybridized carbons (Fsp3) is 0.438. The minimum Gasteiger partial charge on any atom is -0.299 e. The first kappa shape index (κ1) is 13.5. The van der Waals surface area contributed by atoms with Crippen molar-refractivity contribution in [2.24, 2.45) is 7.05 Å². The van der Waals surface area contributed by atoms with Crippen LogP contribution in [0.3, 0.4) is 0 Å². The summed E-state index contributed by atoms with van der Waals surface area (Å²) < 4.78 is 3.86. The zero-order chi connectivity index (χ0) is 14.9. The van der Waals surface area contributed by atoms with E-state index in [0.29, 0.717) is 5.92 Å². The van der Waals surface area contributed by atoms with E-state index in [-0.39, 0.29) is 0 Å². The molecule has 1 saturated heterocycles. The van der Waals surface area contributed by atoms with Crippen LogP contribution in [0, 0.1) is 0 Å². The molecule has 22 heavy (non-hydrogen) atoms. The van der Waals surface area contributed by atoms with Gasteiger partial charge < -0.3 is 0 Å². The Bertz CT molecular complexity index is 766. The number of piperidine rings is 1. The summed E-state index contributed by atoms with van der Waals surface area (Å²) in [6.07, 6.45) is 10.1. The van der Waals surface area contributed by atoms with E-state index in [0.717, 1.165) is 25.3 Å². The molecule has 0 bridgehead atoms. The first-order valence-electron chi connectivity index (χ1n) is 7.78. The van der Waals surface area contributed by atoms with Gasteiger partial charge in [-0.1, -0.05) is 0 Å². The minimum atomic E-state index is 0.565. The summed E-state index contributed by atoms with van der Waals surface area (Å²) in [5.74, 6) is 0.565. The van der Waals surface area contributed by atoms with Crippen molar-refractivity contribution in [3.8, 4) is 0 Å². The maximum Gasteiger partial charge on any atom is 0.155 e. The Labute approximate surface area is 129 Å². The van der Waals surface area contributed by atoms with Gasteiger partial charge in [-0.25, -0.2) is 9.50 Å². The van der Waals surface area contributed by atoms with Gasteiger partial charge in [-0.15, -0.1) is 0 Å². The van der Waals surface area contributed by atoms with Crippen molar-refractivity contribution in [3.05, 3.63) is 48.2 Å². The van der Waals surface area contributed by atoms with Crippen LogP contribution in [0.1, 0.15) is 30.0 Å². The van der Waals surface area contributed by atoms with Crippen molar-refractivity contribution >= 4 is 5.65 Å². The number of likely N-dealkylation sites (tertiary alicyclic amines) is 1. The van der Waals surface area contributed by atoms with E-state index in [1.807, 2.05) is 40.9 Å². The smallest absolute Gasteiger partial charge is 0.155 e. The van der Waals surface area contributed by atoms with Crippen LogP contribution >= 0.6 is 0 Å². The van der Waals surface area contributed by atoms with Crippen LogP contribution in [0.15, 0.2) is 36.9 Å². The van der Waals surface area contributed by atoms with Gasteiger partial charge >= 0.3 is 0 Å². The molecule has 0 aliphatic carbocycles. The third kappa shape index (κ3) is 2.50. The average Bonchev–Trinajstić information content (AvgIpc) is 3.16. The highest BCUT2D eigenvalue weighted by atomic mass is 15.3. The Morgan fingerprint density at radius 2 is 2.00 bits per heavy atom. The second kappa shape index (κ2) is 5.53. The average molecular weight is 296 g/mol. The molecule has 3 aromatic rings. The highest BCUT2D eigenvalue weighted by Gasteiger charge is 2.23. The van der Waals surface area contributed by atoms with E-state index >= 15 is 0 Å². The fourth-order valence-electron chi connectivity index (χ4n) is 3.36. The summed E-state index contributed by atoms with van der Waals surface area (Å²) in [6.45, 7) is 3.23. The Hall–Kier alpha value is -2.21. The third-order valence-corrected chi connectivity index (χ3v) is 4.49. The lowest BCUT2D eigenvalue weighted by atomic mass is 9.93. The van der Waals surface area contributed by atoms with Crippen LogP contribution in [-0.2, 0) is 13.6 Å². The molecule has 0 unspecified atom stereocenters. The number of rotatable bonds is 3. The van der Waals surface area contributed by atoms with Crippen molar-refractivity contribution in [1.29, 1.82) is 0 Å². The molecule has 114 valence electrons. The third-order valence-electron chi connectivity index (χ3n) is 4.49. The summed E-state index contributed by atoms with van der Waals surface area (Å²) in [6, 6.07) is 4.07. The maximum atomic E-state index is 4.41. The van der Waals surface area contributed by atoms with Crippen LogP contribution in [0.5, 0.6) is 0 Å². The van der Waals surface area contributed by atoms with E-state index in [1.165, 1.54) is 24.1 Å². The Morgan fingerprint density at radius 1 is 1.14 bits per heavy atom. The molecule has 0 amide bonds. The van der Waals surface area contributed by atoms with E-state index in [2.05, 4.69) is 32.3 Å². The number of hydrogen-bond donors (Lipinski definition) is 0. The van der Waals surface area contributed by atoms with Crippen molar-refractivity contribution in [2.45, 2.75) is 25.3 Å². The molecule has 3 aromatic heterocycles. The fourth-order valence-corrected chi connectivity index (χ4v) is 3.36. The summed E-state index contributed by atoms with van der Waals surface area (Å²) in [7, 11) is 1.97. The Balaban J connectivity index is 1.44. The molecule has 0 aromatic carbocycles. The molecule has 1 aliphatic heterocycles. The number of aryl methyl sites for hydroxylation is 1. The monoisotopic (exact) mass is 296 g/mol. The topological polar surface area (TPSA) is 51.2 Å². The molecular formula is C16H20N6. The van der Waals surface area contributed by atoms with Crippen LogP contribution in [0.4, 0.5) is 0 Å². The SMILES string of the molecule is Cn1cc(CN2CCC(c3ccnc4ccnn34)CC2)cn1. The predicted octanol–water partition coefficient (Wildman–Crippen LogP) is 1.84. The molecule has 1 fully saturated rings. The molecule has 4 rings (SSSR count). The highest BCUT2D eigenvalue weighted by molar-refractivity contribution is 5.37. The minimum absolute atomic E-state index is 0.565. The Kier molecular flexibility index (Phi) is 3.38. The lowest BCUT2D eigenvalue weighted by molar-refractivity contribution is 0.202. The normalized spacial score (nSPS) is 17.3. The number of aromatic nitrogens is 5. The molecular weight excluding hydrogens is 276 g/mol. The first-order chi connectivity index (χ1) is 10.8. The zero-order valence-electron chi connectivity index (χ0n) is 12.8. The van der Waals surface area contributed by atoms with Crippen molar-refractivity contribution in [1.82, 2.24) is 29.3 Å². The van der Waals surface area contributed by atoms with E-state index < -0.39 is 0 Å². The van der Waals surface area contributed by atoms with Gasteiger partial charge in [0.05, 0.1) is 12.4 Å². The second-order valence-corrected chi connectivity index (χ2v) is 6.04. The molecule has 6 nitrogen and oxygen atoms in total. The van der Waals surface area contributed by atoms with Crippen LogP contribution in [-0.4, -0.2) is 42.4 Å². The zero-order valence-corrected chi connectivity index (χ0v) is 12.8. The van der Waals surface area contributed by atoms with E-state index in [9.17, 15) is 0 Å². The van der Waals surface area contributed by atoms with Gasteiger partial charge in [-0.05, 0) is 32.0 Å². The largest absolute Gasteiger partial charge is 0.299 e. The summed E-state index contributed by atoms with van der Waals surface area (Å²) in [4.78, 5) is 6.86. The molecule has 0 spiro atoms. The van der Waals surface area contributed by atoms with Gasteiger partial charge in [-0.3, -0.25) is 9.58 Å². The van der Waals surface area contributed by atoms with Gasteiger partial charge in [0.2, 0.25) is 0 Å². The molecule has 4 heterocycles. The highest BCUT2D eigenvalue weighted by Crippen LogP contribution is 2.28. The van der Waals surface area contributed by atoms with E-state index in [1.54, 1.807) is 0 Å². The molecule has 0 atom stereocenters. The standard InChI is InChI=1S/C16H20N6/c1-20-11-13(10-19-20)12-21-8-4-14(5-9-21)15-2-6-17-16-3-7-18-22(15)16/h2-3,6-7,10-11,14H,4-5,8-9,12H2,1H3. The molecule has 0 N–H and O–H groups in total. The van der Waals surface area contributed by atoms with Crippen molar-refractivity contribution in [2.75, 3.05) is 13.1 Å². The molecule has 0 radical (unpaired) electrons. The van der Waals surface area contributed by atoms with Gasteiger partial charge in [0.1, 0.15) is 0 Å². The van der Waals surface area contributed by atoms with Gasteiger partial charge in [0.15, 0.2) is 5.65 Å². The van der Waals surface area contributed by atoms with Crippen LogP contribution in [0.25, 0.3) is 5.65 Å². The lowest BCUT2D eigenvalue weighted by Crippen LogP contribution is -2.33. The molecule has 0 saturated carbocycles. The van der Waals surface area contributed by atoms with Gasteiger partial charge in [-0.2, -0.15) is 10.2 Å². The predicted molar refractivity (Wildman–Crippen MR) is 83.4 cm³/mol. The number of fused-ring (bicyclic) bond motifs is 1. The summed E-state index contributed by atoms with van der Waals surface area (Å²) >= 11 is 0.